The maximum absolute atomic E-state index is 12.5. The molecule has 0 spiro atoms. The molecule has 3 unspecified atom stereocenters. The number of H-pyrrole nitrogens is 2. The number of phosphoric ester groups is 2. The number of nitrogens with one attached hydrogen (secondary N) is 2. The molecular formula is C27H34N9O15P2+. The van der Waals surface area contributed by atoms with Crippen molar-refractivity contribution in [2.24, 2.45) is 0 Å². The van der Waals surface area contributed by atoms with Crippen molar-refractivity contribution in [2.75, 3.05) is 18.9 Å². The lowest BCUT2D eigenvalue weighted by atomic mass is 10.1. The summed E-state index contributed by atoms with van der Waals surface area (Å²) in [6, 6.07) is 3.33. The molecule has 286 valence electrons. The van der Waals surface area contributed by atoms with Crippen LogP contribution in [0.25, 0.3) is 33.4 Å². The second kappa shape index (κ2) is 14.6. The van der Waals surface area contributed by atoms with Gasteiger partial charge in [0.1, 0.15) is 60.5 Å². The molecule has 5 aromatic rings. The largest absolute Gasteiger partial charge is 0.481 e. The molecule has 1 saturated heterocycles. The number of aliphatic hydroxyl groups is 5. The minimum Gasteiger partial charge on any atom is -0.388 e. The first-order valence-corrected chi connectivity index (χ1v) is 18.5. The van der Waals surface area contributed by atoms with Crippen molar-refractivity contribution in [1.82, 2.24) is 34.5 Å². The number of nitrogens with zero attached hydrogens (tertiary/aromatic N) is 6. The van der Waals surface area contributed by atoms with Crippen molar-refractivity contribution in [3.63, 3.8) is 0 Å². The molecule has 1 aliphatic rings. The highest BCUT2D eigenvalue weighted by Crippen LogP contribution is 2.60. The van der Waals surface area contributed by atoms with Gasteiger partial charge >= 0.3 is 27.0 Å². The average molecular weight is 787 g/mol. The van der Waals surface area contributed by atoms with E-state index >= 15 is 0 Å². The molecule has 9 atom stereocenters. The van der Waals surface area contributed by atoms with E-state index in [1.807, 2.05) is 0 Å². The fraction of sp³-hybridized carbons (Fsp3) is 0.444. The fourth-order valence-corrected chi connectivity index (χ4v) is 7.70. The first-order valence-electron chi connectivity index (χ1n) is 15.5. The van der Waals surface area contributed by atoms with Gasteiger partial charge < -0.3 is 45.8 Å². The maximum atomic E-state index is 12.5. The molecule has 24 nitrogen and oxygen atoms in total. The Balaban J connectivity index is 1.07. The van der Waals surface area contributed by atoms with E-state index in [0.29, 0.717) is 11.0 Å². The third-order valence-corrected chi connectivity index (χ3v) is 11.1. The summed E-state index contributed by atoms with van der Waals surface area (Å²) in [6.45, 7) is 0.855. The zero-order valence-corrected chi connectivity index (χ0v) is 29.3. The zero-order chi connectivity index (χ0) is 38.6. The second-order valence-corrected chi connectivity index (χ2v) is 15.2. The van der Waals surface area contributed by atoms with E-state index in [9.17, 15) is 54.0 Å². The van der Waals surface area contributed by atoms with Crippen LogP contribution in [0.3, 0.4) is 0 Å². The van der Waals surface area contributed by atoms with Crippen molar-refractivity contribution < 1.29 is 67.1 Å². The van der Waals surface area contributed by atoms with Gasteiger partial charge in [0.05, 0.1) is 19.5 Å². The van der Waals surface area contributed by atoms with E-state index in [2.05, 4.69) is 38.7 Å². The van der Waals surface area contributed by atoms with Crippen molar-refractivity contribution in [1.29, 1.82) is 0 Å². The van der Waals surface area contributed by atoms with Crippen molar-refractivity contribution in [3.05, 3.63) is 56.8 Å². The van der Waals surface area contributed by atoms with Crippen LogP contribution >= 0.6 is 15.6 Å². The Morgan fingerprint density at radius 2 is 1.68 bits per heavy atom. The molecule has 0 saturated carbocycles. The first-order chi connectivity index (χ1) is 24.9. The number of benzene rings is 1. The topological polar surface area (TPSA) is 365 Å². The van der Waals surface area contributed by atoms with Gasteiger partial charge in [0.2, 0.25) is 5.52 Å². The molecule has 1 aromatic carbocycles. The number of hydrogen-bond donors (Lipinski definition) is 10. The summed E-state index contributed by atoms with van der Waals surface area (Å²) in [4.78, 5) is 65.4. The quantitative estimate of drug-likeness (QED) is 0.0324. The van der Waals surface area contributed by atoms with Crippen LogP contribution in [-0.4, -0.2) is 120 Å². The number of hydrogen-bond acceptors (Lipinski definition) is 18. The summed E-state index contributed by atoms with van der Waals surface area (Å²) < 4.78 is 46.7. The van der Waals surface area contributed by atoms with E-state index in [4.69, 9.17) is 15.0 Å². The van der Waals surface area contributed by atoms with Crippen LogP contribution < -0.4 is 21.5 Å². The number of imidazole rings is 1. The minimum atomic E-state index is -5.54. The number of anilines is 1. The van der Waals surface area contributed by atoms with Crippen LogP contribution in [0.1, 0.15) is 17.4 Å². The molecule has 1 aliphatic heterocycles. The van der Waals surface area contributed by atoms with Gasteiger partial charge in [0.15, 0.2) is 23.2 Å². The van der Waals surface area contributed by atoms with Gasteiger partial charge in [-0.15, -0.1) is 0 Å². The standard InChI is InChI=1S/C27H33N9O15P2/c1-10-3-12-13(4-11(10)2)35(24-18(32-12)25(42)34-27(43)33-24)5-14(37)19(39)15(38)6-48-52(44,45)51-53(46,47)49-7-16-20(40)21(41)26(50-16)36-9-31-17-22(28)29-8-30-23(17)36/h3-4,8-9,14-16,19-21,26,37-41H,5-7H2,1-2H3,(H5,28,29,30,34,42,43,44,45,46,47)/p+1/t14?,15-,16-,19-,20-,21-,26-/m1/s1. The van der Waals surface area contributed by atoms with E-state index in [0.717, 1.165) is 17.5 Å². The minimum absolute atomic E-state index is 0.0305. The monoisotopic (exact) mass is 786 g/mol. The molecular weight excluding hydrogens is 752 g/mol. The third kappa shape index (κ3) is 7.91. The predicted molar refractivity (Wildman–Crippen MR) is 176 cm³/mol. The third-order valence-electron chi connectivity index (χ3n) is 8.46. The Bertz CT molecular complexity index is 2410. The fourth-order valence-electron chi connectivity index (χ4n) is 5.61. The number of nitrogen functional groups attached to an aromatic ring is 1. The van der Waals surface area contributed by atoms with Crippen LogP contribution in [0.4, 0.5) is 5.82 Å². The van der Waals surface area contributed by atoms with Gasteiger partial charge in [0.25, 0.3) is 5.56 Å². The van der Waals surface area contributed by atoms with E-state index in [-0.39, 0.29) is 28.1 Å². The molecule has 26 heteroatoms. The Morgan fingerprint density at radius 3 is 2.42 bits per heavy atom. The Kier molecular flexibility index (Phi) is 10.6. The summed E-state index contributed by atoms with van der Waals surface area (Å²) in [7, 11) is -11.0. The van der Waals surface area contributed by atoms with Crippen LogP contribution in [0.5, 0.6) is 0 Å². The van der Waals surface area contributed by atoms with Crippen molar-refractivity contribution >= 4 is 54.8 Å². The highest BCUT2D eigenvalue weighted by molar-refractivity contribution is 7.61. The number of rotatable bonds is 13. The normalized spacial score (nSPS) is 23.3. The molecule has 0 radical (unpaired) electrons. The van der Waals surface area contributed by atoms with Crippen LogP contribution in [0.2, 0.25) is 0 Å². The Labute approximate surface area is 295 Å². The number of aliphatic hydroxyl groups excluding tert-OH is 5. The van der Waals surface area contributed by atoms with Gasteiger partial charge in [-0.3, -0.25) is 23.4 Å². The lowest BCUT2D eigenvalue weighted by molar-refractivity contribution is -0.657. The second-order valence-electron chi connectivity index (χ2n) is 12.1. The summed E-state index contributed by atoms with van der Waals surface area (Å²) in [5.74, 6) is 0.0305. The van der Waals surface area contributed by atoms with Gasteiger partial charge in [-0.05, 0) is 37.1 Å². The lowest BCUT2D eigenvalue weighted by Gasteiger charge is -2.24. The Morgan fingerprint density at radius 1 is 0.981 bits per heavy atom. The maximum Gasteiger partial charge on any atom is 0.481 e. The molecule has 53 heavy (non-hydrogen) atoms. The van der Waals surface area contributed by atoms with Crippen molar-refractivity contribution in [3.8, 4) is 0 Å². The molecule has 4 aromatic heterocycles. The summed E-state index contributed by atoms with van der Waals surface area (Å²) >= 11 is 0. The molecule has 6 rings (SSSR count). The number of phosphoric acid groups is 2. The number of ether oxygens (including phenoxy) is 1. The summed E-state index contributed by atoms with van der Waals surface area (Å²) in [5.41, 5.74) is 6.28. The number of nitrogens with two attached hydrogens (primary N) is 1. The van der Waals surface area contributed by atoms with E-state index < -0.39 is 89.5 Å². The van der Waals surface area contributed by atoms with Crippen LogP contribution in [-0.2, 0) is 33.8 Å². The van der Waals surface area contributed by atoms with Crippen LogP contribution in [0, 0.1) is 13.8 Å². The molecule has 1 fully saturated rings. The molecule has 11 N–H and O–H groups in total. The van der Waals surface area contributed by atoms with E-state index in [1.54, 1.807) is 26.0 Å². The lowest BCUT2D eigenvalue weighted by Crippen LogP contribution is -2.51. The SMILES string of the molecule is Cc1cc2nc3c(=O)[nH]c(=O)[nH]c3[n+](CC(O)[C@@H](O)[C@H](O)COP(=O)(O)OP(=O)(O)OC[C@H]3O[C@@H](n4cnc5c(N)ncnc54)[C@H](O)[C@@H]3O)c2cc1C. The summed E-state index contributed by atoms with van der Waals surface area (Å²) in [5, 5.41) is 53.1. The number of aromatic nitrogens is 8. The molecule has 0 bridgehead atoms. The average Bonchev–Trinajstić information content (AvgIpc) is 3.63. The summed E-state index contributed by atoms with van der Waals surface area (Å²) in [6.07, 6.45) is -9.88. The van der Waals surface area contributed by atoms with Gasteiger partial charge in [-0.25, -0.2) is 38.4 Å². The van der Waals surface area contributed by atoms with Crippen molar-refractivity contribution in [2.45, 2.75) is 63.2 Å². The van der Waals surface area contributed by atoms with E-state index in [1.165, 1.54) is 15.5 Å². The highest BCUT2D eigenvalue weighted by atomic mass is 31.3. The number of aryl methyl sites for hydroxylation is 2. The highest BCUT2D eigenvalue weighted by Gasteiger charge is 2.46. The number of fused-ring (bicyclic) bond motifs is 3. The van der Waals surface area contributed by atoms with Gasteiger partial charge in [0, 0.05) is 0 Å². The predicted octanol–water partition coefficient (Wildman–Crippen LogP) is -2.96. The van der Waals surface area contributed by atoms with Gasteiger partial charge in [-0.1, -0.05) is 0 Å². The molecule has 0 amide bonds. The Hall–Kier alpha value is -4.13. The molecule has 0 aliphatic carbocycles. The zero-order valence-electron chi connectivity index (χ0n) is 27.5. The van der Waals surface area contributed by atoms with Gasteiger partial charge in [-0.2, -0.15) is 9.29 Å². The van der Waals surface area contributed by atoms with Crippen LogP contribution in [0.15, 0.2) is 34.4 Å². The molecule has 5 heterocycles. The smallest absolute Gasteiger partial charge is 0.388 e. The number of aromatic amines is 2. The first kappa shape index (κ1) is 38.6.